The largest absolute Gasteiger partial charge is 0.374 e. The van der Waals surface area contributed by atoms with E-state index in [-0.39, 0.29) is 18.1 Å². The predicted octanol–water partition coefficient (Wildman–Crippen LogP) is 3.07. The molecule has 2 N–H and O–H groups in total. The first-order valence-electron chi connectivity index (χ1n) is 11.0. The zero-order chi connectivity index (χ0) is 20.6. The standard InChI is InChI=1S/C23H36N4O2/c1-17(2)29-16-19-8-6-7-18(13-19)14-25-23(24-3)26-21-11-12-27(15-21)22(28)20-9-4-5-10-20/h6-8,13,17,20-21H,4-5,9-12,14-16H2,1-3H3,(H2,24,25,26). The lowest BCUT2D eigenvalue weighted by atomic mass is 10.1. The molecular weight excluding hydrogens is 364 g/mol. The molecule has 0 spiro atoms. The Morgan fingerprint density at radius 1 is 1.24 bits per heavy atom. The van der Waals surface area contributed by atoms with Gasteiger partial charge in [0.25, 0.3) is 0 Å². The molecule has 1 aromatic carbocycles. The van der Waals surface area contributed by atoms with Crippen LogP contribution in [0, 0.1) is 5.92 Å². The molecule has 1 amide bonds. The molecule has 2 fully saturated rings. The first-order valence-corrected chi connectivity index (χ1v) is 11.0. The number of likely N-dealkylation sites (tertiary alicyclic amines) is 1. The van der Waals surface area contributed by atoms with Crippen molar-refractivity contribution < 1.29 is 9.53 Å². The third-order valence-corrected chi connectivity index (χ3v) is 5.80. The molecule has 0 aromatic heterocycles. The number of nitrogens with one attached hydrogen (secondary N) is 2. The lowest BCUT2D eigenvalue weighted by Crippen LogP contribution is -2.45. The highest BCUT2D eigenvalue weighted by atomic mass is 16.5. The highest BCUT2D eigenvalue weighted by molar-refractivity contribution is 5.81. The number of rotatable bonds is 7. The maximum absolute atomic E-state index is 12.6. The number of ether oxygens (including phenoxy) is 1. The maximum Gasteiger partial charge on any atom is 0.225 e. The summed E-state index contributed by atoms with van der Waals surface area (Å²) in [6.45, 7) is 7.05. The number of aliphatic imine (C=N–C) groups is 1. The summed E-state index contributed by atoms with van der Waals surface area (Å²) in [4.78, 5) is 19.0. The molecule has 6 heteroatoms. The van der Waals surface area contributed by atoms with E-state index in [0.29, 0.717) is 19.1 Å². The van der Waals surface area contributed by atoms with Gasteiger partial charge < -0.3 is 20.3 Å². The molecule has 1 aromatic rings. The van der Waals surface area contributed by atoms with Gasteiger partial charge in [-0.1, -0.05) is 37.1 Å². The van der Waals surface area contributed by atoms with Gasteiger partial charge in [-0.15, -0.1) is 0 Å². The lowest BCUT2D eigenvalue weighted by Gasteiger charge is -2.21. The zero-order valence-corrected chi connectivity index (χ0v) is 18.1. The van der Waals surface area contributed by atoms with Crippen molar-refractivity contribution in [2.24, 2.45) is 10.9 Å². The van der Waals surface area contributed by atoms with Crippen LogP contribution < -0.4 is 10.6 Å². The van der Waals surface area contributed by atoms with E-state index in [4.69, 9.17) is 4.74 Å². The number of carbonyl (C=O) groups excluding carboxylic acids is 1. The van der Waals surface area contributed by atoms with E-state index in [0.717, 1.165) is 38.3 Å². The quantitative estimate of drug-likeness (QED) is 0.545. The first-order chi connectivity index (χ1) is 14.0. The van der Waals surface area contributed by atoms with Crippen LogP contribution in [-0.4, -0.2) is 49.0 Å². The Kier molecular flexibility index (Phi) is 7.92. The molecule has 3 rings (SSSR count). The first kappa shape index (κ1) is 21.6. The number of hydrogen-bond donors (Lipinski definition) is 2. The van der Waals surface area contributed by atoms with Gasteiger partial charge in [-0.3, -0.25) is 9.79 Å². The van der Waals surface area contributed by atoms with Gasteiger partial charge in [0, 0.05) is 38.6 Å². The van der Waals surface area contributed by atoms with Crippen molar-refractivity contribution in [3.05, 3.63) is 35.4 Å². The van der Waals surface area contributed by atoms with Crippen molar-refractivity contribution in [2.45, 2.75) is 71.2 Å². The Morgan fingerprint density at radius 2 is 2.00 bits per heavy atom. The number of benzene rings is 1. The van der Waals surface area contributed by atoms with Crippen LogP contribution in [0.4, 0.5) is 0 Å². The Hall–Kier alpha value is -2.08. The van der Waals surface area contributed by atoms with Crippen molar-refractivity contribution in [1.82, 2.24) is 15.5 Å². The van der Waals surface area contributed by atoms with E-state index in [2.05, 4.69) is 39.9 Å². The molecule has 0 bridgehead atoms. The molecule has 6 nitrogen and oxygen atoms in total. The maximum atomic E-state index is 12.6. The van der Waals surface area contributed by atoms with Crippen molar-refractivity contribution in [1.29, 1.82) is 0 Å². The second-order valence-electron chi connectivity index (χ2n) is 8.50. The SMILES string of the molecule is CN=C(NCc1cccc(COC(C)C)c1)NC1CCN(C(=O)C2CCCC2)C1. The summed E-state index contributed by atoms with van der Waals surface area (Å²) in [6, 6.07) is 8.69. The van der Waals surface area contributed by atoms with Gasteiger partial charge in [0.1, 0.15) is 0 Å². The van der Waals surface area contributed by atoms with Crippen LogP contribution in [0.5, 0.6) is 0 Å². The minimum absolute atomic E-state index is 0.228. The van der Waals surface area contributed by atoms with Gasteiger partial charge in [-0.2, -0.15) is 0 Å². The minimum atomic E-state index is 0.228. The molecule has 0 radical (unpaired) electrons. The minimum Gasteiger partial charge on any atom is -0.374 e. The molecule has 1 saturated carbocycles. The lowest BCUT2D eigenvalue weighted by molar-refractivity contribution is -0.134. The number of guanidine groups is 1. The van der Waals surface area contributed by atoms with Gasteiger partial charge in [0.05, 0.1) is 12.7 Å². The summed E-state index contributed by atoms with van der Waals surface area (Å²) in [5.41, 5.74) is 2.38. The van der Waals surface area contributed by atoms with Crippen molar-refractivity contribution in [2.75, 3.05) is 20.1 Å². The third-order valence-electron chi connectivity index (χ3n) is 5.80. The fourth-order valence-corrected chi connectivity index (χ4v) is 4.18. The van der Waals surface area contributed by atoms with Crippen molar-refractivity contribution in [3.8, 4) is 0 Å². The normalized spacial score (nSPS) is 20.5. The Balaban J connectivity index is 1.45. The topological polar surface area (TPSA) is 66.0 Å². The molecule has 1 aliphatic heterocycles. The van der Waals surface area contributed by atoms with E-state index in [9.17, 15) is 4.79 Å². The second kappa shape index (κ2) is 10.6. The molecular formula is C23H36N4O2. The Morgan fingerprint density at radius 3 is 2.72 bits per heavy atom. The van der Waals surface area contributed by atoms with Gasteiger partial charge >= 0.3 is 0 Å². The average molecular weight is 401 g/mol. The highest BCUT2D eigenvalue weighted by Crippen LogP contribution is 2.27. The van der Waals surface area contributed by atoms with Crippen LogP contribution in [0.25, 0.3) is 0 Å². The molecule has 1 saturated heterocycles. The monoisotopic (exact) mass is 400 g/mol. The molecule has 29 heavy (non-hydrogen) atoms. The van der Waals surface area contributed by atoms with Crippen molar-refractivity contribution in [3.63, 3.8) is 0 Å². The fourth-order valence-electron chi connectivity index (χ4n) is 4.18. The molecule has 1 aliphatic carbocycles. The number of amides is 1. The highest BCUT2D eigenvalue weighted by Gasteiger charge is 2.32. The van der Waals surface area contributed by atoms with Gasteiger partial charge in [-0.05, 0) is 44.2 Å². The molecule has 1 heterocycles. The number of carbonyl (C=O) groups is 1. The summed E-state index contributed by atoms with van der Waals surface area (Å²) in [7, 11) is 1.79. The van der Waals surface area contributed by atoms with E-state index in [1.54, 1.807) is 7.05 Å². The molecule has 1 atom stereocenters. The Bertz CT molecular complexity index is 698. The van der Waals surface area contributed by atoms with Crippen LogP contribution in [0.1, 0.15) is 57.1 Å². The third kappa shape index (κ3) is 6.46. The summed E-state index contributed by atoms with van der Waals surface area (Å²) in [5, 5.41) is 6.88. The van der Waals surface area contributed by atoms with Crippen LogP contribution in [0.2, 0.25) is 0 Å². The summed E-state index contributed by atoms with van der Waals surface area (Å²) in [6.07, 6.45) is 5.74. The van der Waals surface area contributed by atoms with E-state index >= 15 is 0 Å². The zero-order valence-electron chi connectivity index (χ0n) is 18.1. The number of hydrogen-bond acceptors (Lipinski definition) is 3. The summed E-state index contributed by atoms with van der Waals surface area (Å²) in [5.74, 6) is 1.40. The summed E-state index contributed by atoms with van der Waals surface area (Å²) < 4.78 is 5.70. The van der Waals surface area contributed by atoms with Crippen LogP contribution >= 0.6 is 0 Å². The van der Waals surface area contributed by atoms with Gasteiger partial charge in [0.2, 0.25) is 5.91 Å². The van der Waals surface area contributed by atoms with Gasteiger partial charge in [0.15, 0.2) is 5.96 Å². The van der Waals surface area contributed by atoms with Crippen LogP contribution in [-0.2, 0) is 22.7 Å². The van der Waals surface area contributed by atoms with Crippen LogP contribution in [0.15, 0.2) is 29.3 Å². The van der Waals surface area contributed by atoms with E-state index in [1.165, 1.54) is 24.0 Å². The van der Waals surface area contributed by atoms with Crippen LogP contribution in [0.3, 0.4) is 0 Å². The molecule has 160 valence electrons. The van der Waals surface area contributed by atoms with Gasteiger partial charge in [-0.25, -0.2) is 0 Å². The molecule has 2 aliphatic rings. The summed E-state index contributed by atoms with van der Waals surface area (Å²) >= 11 is 0. The van der Waals surface area contributed by atoms with Crippen molar-refractivity contribution >= 4 is 11.9 Å². The molecule has 1 unspecified atom stereocenters. The fraction of sp³-hybridized carbons (Fsp3) is 0.652. The van der Waals surface area contributed by atoms with E-state index in [1.807, 2.05) is 18.7 Å². The Labute approximate surface area is 175 Å². The smallest absolute Gasteiger partial charge is 0.225 e. The predicted molar refractivity (Wildman–Crippen MR) is 117 cm³/mol. The number of nitrogens with zero attached hydrogens (tertiary/aromatic N) is 2. The second-order valence-corrected chi connectivity index (χ2v) is 8.50. The van der Waals surface area contributed by atoms with E-state index < -0.39 is 0 Å². The average Bonchev–Trinajstić information content (AvgIpc) is 3.41.